The first kappa shape index (κ1) is 23.5. The maximum absolute atomic E-state index is 12.6. The van der Waals surface area contributed by atoms with Gasteiger partial charge in [-0.25, -0.2) is 0 Å². The average molecular weight is 467 g/mol. The zero-order valence-corrected chi connectivity index (χ0v) is 19.9. The van der Waals surface area contributed by atoms with Gasteiger partial charge in [0.25, 0.3) is 5.91 Å². The second kappa shape index (κ2) is 10.5. The summed E-state index contributed by atoms with van der Waals surface area (Å²) in [6.07, 6.45) is 3.94. The van der Waals surface area contributed by atoms with Gasteiger partial charge in [-0.3, -0.25) is 14.7 Å². The molecule has 0 radical (unpaired) electrons. The number of benzene rings is 1. The predicted octanol–water partition coefficient (Wildman–Crippen LogP) is 2.25. The second-order valence-electron chi connectivity index (χ2n) is 8.10. The van der Waals surface area contributed by atoms with Crippen LogP contribution in [0.4, 0.5) is 0 Å². The molecule has 0 unspecified atom stereocenters. The summed E-state index contributed by atoms with van der Waals surface area (Å²) in [5.41, 5.74) is 1.49. The summed E-state index contributed by atoms with van der Waals surface area (Å²) in [6.45, 7) is 4.90. The molecule has 10 heteroatoms. The van der Waals surface area contributed by atoms with Crippen molar-refractivity contribution in [3.63, 3.8) is 0 Å². The number of methoxy groups -OCH3 is 3. The molecule has 1 aromatic carbocycles. The van der Waals surface area contributed by atoms with Crippen LogP contribution in [-0.4, -0.2) is 65.0 Å². The predicted molar refractivity (Wildman–Crippen MR) is 125 cm³/mol. The van der Waals surface area contributed by atoms with Gasteiger partial charge in [0.2, 0.25) is 0 Å². The summed E-state index contributed by atoms with van der Waals surface area (Å²) < 4.78 is 18.7. The third-order valence-electron chi connectivity index (χ3n) is 6.00. The molecule has 1 atom stereocenters. The van der Waals surface area contributed by atoms with Crippen molar-refractivity contribution in [3.8, 4) is 17.2 Å². The minimum Gasteiger partial charge on any atom is -0.496 e. The number of amides is 1. The van der Waals surface area contributed by atoms with Crippen LogP contribution < -0.4 is 19.5 Å². The normalized spacial score (nSPS) is 14.6. The molecule has 0 saturated carbocycles. The third kappa shape index (κ3) is 4.96. The van der Waals surface area contributed by atoms with Crippen LogP contribution >= 0.6 is 0 Å². The van der Waals surface area contributed by atoms with Crippen molar-refractivity contribution in [3.05, 3.63) is 59.4 Å². The number of nitrogens with zero attached hydrogens (tertiary/aromatic N) is 5. The molecule has 0 saturated heterocycles. The van der Waals surface area contributed by atoms with E-state index in [-0.39, 0.29) is 11.9 Å². The van der Waals surface area contributed by atoms with E-state index in [2.05, 4.69) is 30.0 Å². The number of fused-ring (bicyclic) bond motifs is 1. The Morgan fingerprint density at radius 1 is 1.09 bits per heavy atom. The Labute approximate surface area is 198 Å². The van der Waals surface area contributed by atoms with E-state index in [4.69, 9.17) is 14.2 Å². The highest BCUT2D eigenvalue weighted by Gasteiger charge is 2.24. The van der Waals surface area contributed by atoms with Crippen molar-refractivity contribution in [1.82, 2.24) is 30.0 Å². The molecular formula is C24H30N6O4. The molecule has 2 aromatic heterocycles. The molecule has 1 aliphatic rings. The maximum atomic E-state index is 12.6. The third-order valence-corrected chi connectivity index (χ3v) is 6.00. The molecule has 0 bridgehead atoms. The van der Waals surface area contributed by atoms with Crippen molar-refractivity contribution < 1.29 is 19.0 Å². The molecule has 4 rings (SSSR count). The van der Waals surface area contributed by atoms with Crippen LogP contribution in [-0.2, 0) is 19.5 Å². The van der Waals surface area contributed by atoms with Crippen LogP contribution in [0.1, 0.15) is 40.5 Å². The number of rotatable bonds is 8. The van der Waals surface area contributed by atoms with Gasteiger partial charge >= 0.3 is 0 Å². The van der Waals surface area contributed by atoms with Crippen LogP contribution in [0, 0.1) is 0 Å². The number of hydrogen-bond acceptors (Lipinski definition) is 8. The Hall–Kier alpha value is -3.66. The van der Waals surface area contributed by atoms with E-state index in [1.54, 1.807) is 45.9 Å². The molecule has 10 nitrogen and oxygen atoms in total. The van der Waals surface area contributed by atoms with Crippen molar-refractivity contribution in [2.24, 2.45) is 0 Å². The molecular weight excluding hydrogens is 436 g/mol. The first-order chi connectivity index (χ1) is 16.5. The van der Waals surface area contributed by atoms with E-state index in [0.29, 0.717) is 24.4 Å². The molecule has 3 heterocycles. The van der Waals surface area contributed by atoms with E-state index < -0.39 is 0 Å². The number of ether oxygens (including phenoxy) is 3. The zero-order chi connectivity index (χ0) is 24.1. The van der Waals surface area contributed by atoms with Gasteiger partial charge < -0.3 is 24.1 Å². The fourth-order valence-electron chi connectivity index (χ4n) is 4.17. The number of pyridine rings is 1. The standard InChI is InChI=1S/C24H30N6O4/c1-16(26-24(31)17-6-5-8-25-14-17)23-28-27-22-7-9-29(10-11-30(22)23)15-19-20(33-3)12-18(32-2)13-21(19)34-4/h5-6,8,12-14,16H,7,9-11,15H2,1-4H3,(H,26,31)/t16-/m1/s1. The Bertz CT molecular complexity index is 1110. The van der Waals surface area contributed by atoms with Gasteiger partial charge in [0.05, 0.1) is 38.5 Å². The average Bonchev–Trinajstić information content (AvgIpc) is 3.18. The van der Waals surface area contributed by atoms with Crippen LogP contribution in [0.2, 0.25) is 0 Å². The fraction of sp³-hybridized carbons (Fsp3) is 0.417. The first-order valence-corrected chi connectivity index (χ1v) is 11.2. The zero-order valence-electron chi connectivity index (χ0n) is 19.9. The van der Waals surface area contributed by atoms with E-state index in [1.807, 2.05) is 19.1 Å². The van der Waals surface area contributed by atoms with Crippen molar-refractivity contribution in [2.75, 3.05) is 34.4 Å². The lowest BCUT2D eigenvalue weighted by atomic mass is 10.1. The summed E-state index contributed by atoms with van der Waals surface area (Å²) in [7, 11) is 4.92. The van der Waals surface area contributed by atoms with Crippen molar-refractivity contribution in [2.45, 2.75) is 32.5 Å². The SMILES string of the molecule is COc1cc(OC)c(CN2CCc3nnc([C@@H](C)NC(=O)c4cccnc4)n3CC2)c(OC)c1. The molecule has 3 aromatic rings. The summed E-state index contributed by atoms with van der Waals surface area (Å²) >= 11 is 0. The molecule has 0 spiro atoms. The summed E-state index contributed by atoms with van der Waals surface area (Å²) in [4.78, 5) is 18.9. The Kier molecular flexibility index (Phi) is 7.27. The number of carbonyl (C=O) groups excluding carboxylic acids is 1. The van der Waals surface area contributed by atoms with Gasteiger partial charge in [-0.05, 0) is 19.1 Å². The Morgan fingerprint density at radius 3 is 2.50 bits per heavy atom. The van der Waals surface area contributed by atoms with Gasteiger partial charge in [0, 0.05) is 57.1 Å². The largest absolute Gasteiger partial charge is 0.496 e. The smallest absolute Gasteiger partial charge is 0.253 e. The summed E-state index contributed by atoms with van der Waals surface area (Å²) in [5.74, 6) is 3.61. The Balaban J connectivity index is 1.47. The number of carbonyl (C=O) groups is 1. The minimum atomic E-state index is -0.290. The number of nitrogens with one attached hydrogen (secondary N) is 1. The van der Waals surface area contributed by atoms with E-state index in [9.17, 15) is 4.79 Å². The van der Waals surface area contributed by atoms with Gasteiger partial charge in [0.15, 0.2) is 5.82 Å². The highest BCUT2D eigenvalue weighted by molar-refractivity contribution is 5.94. The second-order valence-corrected chi connectivity index (χ2v) is 8.10. The molecule has 0 aliphatic carbocycles. The quantitative estimate of drug-likeness (QED) is 0.539. The monoisotopic (exact) mass is 466 g/mol. The molecule has 0 fully saturated rings. The van der Waals surface area contributed by atoms with Gasteiger partial charge in [-0.1, -0.05) is 0 Å². The number of aromatic nitrogens is 4. The lowest BCUT2D eigenvalue weighted by molar-refractivity contribution is 0.0937. The van der Waals surface area contributed by atoms with Crippen LogP contribution in [0.25, 0.3) is 0 Å². The van der Waals surface area contributed by atoms with E-state index in [1.165, 1.54) is 0 Å². The lowest BCUT2D eigenvalue weighted by Gasteiger charge is -2.23. The molecule has 1 amide bonds. The van der Waals surface area contributed by atoms with Gasteiger partial charge in [-0.2, -0.15) is 0 Å². The molecule has 1 aliphatic heterocycles. The van der Waals surface area contributed by atoms with E-state index >= 15 is 0 Å². The topological polar surface area (TPSA) is 104 Å². The van der Waals surface area contributed by atoms with Crippen LogP contribution in [0.15, 0.2) is 36.7 Å². The van der Waals surface area contributed by atoms with E-state index in [0.717, 1.165) is 48.2 Å². The highest BCUT2D eigenvalue weighted by atomic mass is 16.5. The first-order valence-electron chi connectivity index (χ1n) is 11.2. The van der Waals surface area contributed by atoms with Crippen LogP contribution in [0.3, 0.4) is 0 Å². The van der Waals surface area contributed by atoms with Crippen molar-refractivity contribution in [1.29, 1.82) is 0 Å². The minimum absolute atomic E-state index is 0.188. The Morgan fingerprint density at radius 2 is 1.85 bits per heavy atom. The lowest BCUT2D eigenvalue weighted by Crippen LogP contribution is -2.30. The fourth-order valence-corrected chi connectivity index (χ4v) is 4.17. The summed E-state index contributed by atoms with van der Waals surface area (Å²) in [6, 6.07) is 6.93. The van der Waals surface area contributed by atoms with Gasteiger partial charge in [-0.15, -0.1) is 10.2 Å². The number of hydrogen-bond donors (Lipinski definition) is 1. The molecule has 1 N–H and O–H groups in total. The summed E-state index contributed by atoms with van der Waals surface area (Å²) in [5, 5.41) is 11.8. The van der Waals surface area contributed by atoms with Crippen LogP contribution in [0.5, 0.6) is 17.2 Å². The molecule has 180 valence electrons. The van der Waals surface area contributed by atoms with Gasteiger partial charge in [0.1, 0.15) is 23.1 Å². The molecule has 34 heavy (non-hydrogen) atoms. The maximum Gasteiger partial charge on any atom is 0.253 e. The van der Waals surface area contributed by atoms with Crippen molar-refractivity contribution >= 4 is 5.91 Å². The highest BCUT2D eigenvalue weighted by Crippen LogP contribution is 2.35.